The Morgan fingerprint density at radius 2 is 1.73 bits per heavy atom. The van der Waals surface area contributed by atoms with E-state index in [1.807, 2.05) is 66.7 Å². The Kier molecular flexibility index (Phi) is 5.82. The molecule has 1 aromatic heterocycles. The van der Waals surface area contributed by atoms with E-state index in [-0.39, 0.29) is 5.91 Å². The van der Waals surface area contributed by atoms with E-state index < -0.39 is 0 Å². The highest BCUT2D eigenvalue weighted by Gasteiger charge is 2.09. The first kappa shape index (κ1) is 19.7. The molecular weight excluding hydrogens is 398 g/mol. The lowest BCUT2D eigenvalue weighted by Crippen LogP contribution is -2.22. The summed E-state index contributed by atoms with van der Waals surface area (Å²) in [6.45, 7) is 0.432. The van der Waals surface area contributed by atoms with E-state index >= 15 is 0 Å². The summed E-state index contributed by atoms with van der Waals surface area (Å²) in [5.74, 6) is 0.635. The normalized spacial score (nSPS) is 10.6. The van der Waals surface area contributed by atoms with Crippen LogP contribution in [0.4, 0.5) is 0 Å². The van der Waals surface area contributed by atoms with Gasteiger partial charge in [0.25, 0.3) is 5.91 Å². The molecule has 30 heavy (non-hydrogen) atoms. The number of hydrogen-bond donors (Lipinski definition) is 2. The summed E-state index contributed by atoms with van der Waals surface area (Å²) in [4.78, 5) is 12.5. The molecule has 2 N–H and O–H groups in total. The molecule has 3 aromatic carbocycles. The summed E-state index contributed by atoms with van der Waals surface area (Å²) in [7, 11) is 1.62. The highest BCUT2D eigenvalue weighted by molar-refractivity contribution is 6.30. The van der Waals surface area contributed by atoms with Gasteiger partial charge in [-0.2, -0.15) is 5.10 Å². The molecular formula is C24H20ClN3O2. The Labute approximate surface area is 179 Å². The van der Waals surface area contributed by atoms with Crippen molar-refractivity contribution in [3.05, 3.63) is 95.0 Å². The van der Waals surface area contributed by atoms with Gasteiger partial charge in [-0.1, -0.05) is 48.0 Å². The van der Waals surface area contributed by atoms with Gasteiger partial charge in [0.2, 0.25) is 0 Å². The minimum atomic E-state index is -0.131. The van der Waals surface area contributed by atoms with Crippen LogP contribution < -0.4 is 10.1 Å². The molecule has 5 nitrogen and oxygen atoms in total. The lowest BCUT2D eigenvalue weighted by molar-refractivity contribution is 0.0951. The van der Waals surface area contributed by atoms with Crippen LogP contribution in [0.1, 0.15) is 15.9 Å². The largest absolute Gasteiger partial charge is 0.497 e. The van der Waals surface area contributed by atoms with Crippen LogP contribution >= 0.6 is 11.6 Å². The van der Waals surface area contributed by atoms with Gasteiger partial charge >= 0.3 is 0 Å². The number of carbonyl (C=O) groups is 1. The molecule has 0 spiro atoms. The van der Waals surface area contributed by atoms with E-state index in [1.165, 1.54) is 0 Å². The van der Waals surface area contributed by atoms with Crippen molar-refractivity contribution >= 4 is 17.5 Å². The number of methoxy groups -OCH3 is 1. The number of benzene rings is 3. The molecule has 0 aliphatic carbocycles. The van der Waals surface area contributed by atoms with Crippen LogP contribution in [0.2, 0.25) is 5.02 Å². The average Bonchev–Trinajstić information content (AvgIpc) is 3.28. The Balaban J connectivity index is 1.42. The molecule has 150 valence electrons. The van der Waals surface area contributed by atoms with Gasteiger partial charge in [0, 0.05) is 22.7 Å². The predicted molar refractivity (Wildman–Crippen MR) is 119 cm³/mol. The second-order valence-electron chi connectivity index (χ2n) is 6.79. The first-order valence-electron chi connectivity index (χ1n) is 9.45. The van der Waals surface area contributed by atoms with Crippen LogP contribution in [0, 0.1) is 0 Å². The molecule has 0 bridgehead atoms. The fourth-order valence-corrected chi connectivity index (χ4v) is 3.23. The zero-order valence-electron chi connectivity index (χ0n) is 16.4. The van der Waals surface area contributed by atoms with Gasteiger partial charge in [-0.3, -0.25) is 9.89 Å². The number of hydrogen-bond acceptors (Lipinski definition) is 3. The van der Waals surface area contributed by atoms with E-state index in [0.717, 1.165) is 33.8 Å². The van der Waals surface area contributed by atoms with Crippen LogP contribution in [0.15, 0.2) is 78.9 Å². The fraction of sp³-hybridized carbons (Fsp3) is 0.0833. The van der Waals surface area contributed by atoms with Crippen molar-refractivity contribution in [2.45, 2.75) is 6.54 Å². The van der Waals surface area contributed by atoms with Crippen molar-refractivity contribution in [3.63, 3.8) is 0 Å². The van der Waals surface area contributed by atoms with Gasteiger partial charge in [0.05, 0.1) is 18.5 Å². The topological polar surface area (TPSA) is 67.0 Å². The number of aromatic nitrogens is 2. The number of nitrogens with one attached hydrogen (secondary N) is 2. The van der Waals surface area contributed by atoms with E-state index in [1.54, 1.807) is 19.2 Å². The third kappa shape index (κ3) is 4.53. The molecule has 4 rings (SSSR count). The standard InChI is InChI=1S/C24H20ClN3O2/c1-30-21-4-2-3-16(13-21)15-26-24(29)19-7-5-17(6-8-19)22-14-23(28-27-22)18-9-11-20(25)12-10-18/h2-14H,15H2,1H3,(H,26,29)(H,27,28). The van der Waals surface area contributed by atoms with Gasteiger partial charge in [0.1, 0.15) is 5.75 Å². The van der Waals surface area contributed by atoms with E-state index in [0.29, 0.717) is 17.1 Å². The van der Waals surface area contributed by atoms with Crippen molar-refractivity contribution in [1.82, 2.24) is 15.5 Å². The Morgan fingerprint density at radius 1 is 1.00 bits per heavy atom. The summed E-state index contributed by atoms with van der Waals surface area (Å²) in [5.41, 5.74) is 5.22. The number of nitrogens with zero attached hydrogens (tertiary/aromatic N) is 1. The van der Waals surface area contributed by atoms with Gasteiger partial charge in [-0.15, -0.1) is 0 Å². The molecule has 0 saturated carbocycles. The molecule has 0 saturated heterocycles. The second-order valence-corrected chi connectivity index (χ2v) is 7.22. The highest BCUT2D eigenvalue weighted by atomic mass is 35.5. The number of halogens is 1. The Morgan fingerprint density at radius 3 is 2.47 bits per heavy atom. The first-order valence-corrected chi connectivity index (χ1v) is 9.83. The molecule has 0 aliphatic rings. The maximum atomic E-state index is 12.5. The zero-order chi connectivity index (χ0) is 20.9. The second kappa shape index (κ2) is 8.84. The van der Waals surface area contributed by atoms with Crippen molar-refractivity contribution in [2.75, 3.05) is 7.11 Å². The van der Waals surface area contributed by atoms with Crippen molar-refractivity contribution in [2.24, 2.45) is 0 Å². The maximum absolute atomic E-state index is 12.5. The summed E-state index contributed by atoms with van der Waals surface area (Å²) < 4.78 is 5.21. The lowest BCUT2D eigenvalue weighted by Gasteiger charge is -2.07. The Hall–Kier alpha value is -3.57. The maximum Gasteiger partial charge on any atom is 0.251 e. The molecule has 4 aromatic rings. The number of aromatic amines is 1. The van der Waals surface area contributed by atoms with Crippen LogP contribution in [-0.4, -0.2) is 23.2 Å². The smallest absolute Gasteiger partial charge is 0.251 e. The first-order chi connectivity index (χ1) is 14.6. The van der Waals surface area contributed by atoms with E-state index in [4.69, 9.17) is 16.3 Å². The third-order valence-corrected chi connectivity index (χ3v) is 5.02. The predicted octanol–water partition coefficient (Wildman–Crippen LogP) is 5.34. The molecule has 1 heterocycles. The monoisotopic (exact) mass is 417 g/mol. The highest BCUT2D eigenvalue weighted by Crippen LogP contribution is 2.25. The van der Waals surface area contributed by atoms with Crippen molar-refractivity contribution in [3.8, 4) is 28.3 Å². The summed E-state index contributed by atoms with van der Waals surface area (Å²) in [5, 5.41) is 11.0. The van der Waals surface area contributed by atoms with E-state index in [9.17, 15) is 4.79 Å². The minimum Gasteiger partial charge on any atom is -0.497 e. The zero-order valence-corrected chi connectivity index (χ0v) is 17.1. The lowest BCUT2D eigenvalue weighted by atomic mass is 10.1. The summed E-state index contributed by atoms with van der Waals surface area (Å²) in [6.07, 6.45) is 0. The summed E-state index contributed by atoms with van der Waals surface area (Å²) in [6, 6.07) is 24.5. The van der Waals surface area contributed by atoms with Crippen LogP contribution in [0.3, 0.4) is 0 Å². The Bertz CT molecular complexity index is 1150. The molecule has 0 aliphatic heterocycles. The quantitative estimate of drug-likeness (QED) is 0.445. The van der Waals surface area contributed by atoms with Gasteiger partial charge in [-0.05, 0) is 53.6 Å². The number of carbonyl (C=O) groups excluding carboxylic acids is 1. The van der Waals surface area contributed by atoms with Gasteiger partial charge < -0.3 is 10.1 Å². The van der Waals surface area contributed by atoms with Crippen LogP contribution in [0.5, 0.6) is 5.75 Å². The SMILES string of the molecule is COc1cccc(CNC(=O)c2ccc(-c3cc(-c4ccc(Cl)cc4)[nH]n3)cc2)c1. The number of ether oxygens (including phenoxy) is 1. The molecule has 6 heteroatoms. The summed E-state index contributed by atoms with van der Waals surface area (Å²) >= 11 is 5.95. The minimum absolute atomic E-state index is 0.131. The molecule has 0 unspecified atom stereocenters. The molecule has 0 radical (unpaired) electrons. The van der Waals surface area contributed by atoms with Gasteiger partial charge in [-0.25, -0.2) is 0 Å². The molecule has 0 fully saturated rings. The fourth-order valence-electron chi connectivity index (χ4n) is 3.11. The number of H-pyrrole nitrogens is 1. The third-order valence-electron chi connectivity index (χ3n) is 4.76. The van der Waals surface area contributed by atoms with Crippen molar-refractivity contribution < 1.29 is 9.53 Å². The number of rotatable bonds is 6. The number of amides is 1. The van der Waals surface area contributed by atoms with Crippen LogP contribution in [0.25, 0.3) is 22.5 Å². The van der Waals surface area contributed by atoms with E-state index in [2.05, 4.69) is 15.5 Å². The van der Waals surface area contributed by atoms with Crippen LogP contribution in [-0.2, 0) is 6.54 Å². The molecule has 0 atom stereocenters. The van der Waals surface area contributed by atoms with Crippen molar-refractivity contribution in [1.29, 1.82) is 0 Å². The molecule has 1 amide bonds. The van der Waals surface area contributed by atoms with Gasteiger partial charge in [0.15, 0.2) is 0 Å². The average molecular weight is 418 g/mol.